The molecule has 8 nitrogen and oxygen atoms in total. The molecule has 180 valence electrons. The summed E-state index contributed by atoms with van der Waals surface area (Å²) in [4.78, 5) is 42.2. The number of benzene rings is 1. The van der Waals surface area contributed by atoms with Crippen LogP contribution < -0.4 is 15.8 Å². The number of anilines is 1. The van der Waals surface area contributed by atoms with Gasteiger partial charge < -0.3 is 10.2 Å². The van der Waals surface area contributed by atoms with Crippen molar-refractivity contribution in [1.29, 1.82) is 0 Å². The van der Waals surface area contributed by atoms with E-state index in [1.54, 1.807) is 0 Å². The fraction of sp³-hybridized carbons (Fsp3) is 0.320. The van der Waals surface area contributed by atoms with Crippen molar-refractivity contribution >= 4 is 32.7 Å². The van der Waals surface area contributed by atoms with Gasteiger partial charge in [-0.05, 0) is 38.3 Å². The van der Waals surface area contributed by atoms with E-state index in [4.69, 9.17) is 0 Å². The maximum absolute atomic E-state index is 13.8. The Bertz CT molecular complexity index is 1440. The zero-order chi connectivity index (χ0) is 24.5. The van der Waals surface area contributed by atoms with Gasteiger partial charge in [0.25, 0.3) is 5.56 Å². The summed E-state index contributed by atoms with van der Waals surface area (Å²) in [5, 5.41) is 3.69. The molecule has 0 radical (unpaired) electrons. The van der Waals surface area contributed by atoms with Crippen molar-refractivity contribution in [3.63, 3.8) is 0 Å². The second kappa shape index (κ2) is 9.53. The van der Waals surface area contributed by atoms with Crippen LogP contribution in [0.15, 0.2) is 53.5 Å². The van der Waals surface area contributed by atoms with Crippen LogP contribution in [-0.2, 0) is 11.3 Å². The third-order valence-corrected chi connectivity index (χ3v) is 7.22. The molecule has 0 spiro atoms. The first kappa shape index (κ1) is 23.1. The third kappa shape index (κ3) is 4.41. The molecule has 1 N–H and O–H groups in total. The quantitative estimate of drug-likeness (QED) is 0.439. The number of hydrogen-bond donors (Lipinski definition) is 1. The van der Waals surface area contributed by atoms with Crippen molar-refractivity contribution in [2.75, 3.05) is 11.4 Å². The number of amides is 1. The molecule has 35 heavy (non-hydrogen) atoms. The van der Waals surface area contributed by atoms with Crippen LogP contribution in [-0.4, -0.2) is 38.0 Å². The van der Waals surface area contributed by atoms with E-state index in [-0.39, 0.29) is 34.8 Å². The summed E-state index contributed by atoms with van der Waals surface area (Å²) < 4.78 is 15.3. The lowest BCUT2D eigenvalue weighted by molar-refractivity contribution is -0.122. The van der Waals surface area contributed by atoms with Crippen LogP contribution in [0.25, 0.3) is 21.9 Å². The van der Waals surface area contributed by atoms with Gasteiger partial charge in [-0.25, -0.2) is 14.4 Å². The van der Waals surface area contributed by atoms with Gasteiger partial charge in [0, 0.05) is 25.4 Å². The highest BCUT2D eigenvalue weighted by Gasteiger charge is 2.34. The Labute approximate surface area is 205 Å². The molecule has 0 aliphatic carbocycles. The van der Waals surface area contributed by atoms with Gasteiger partial charge in [-0.3, -0.25) is 19.1 Å². The predicted molar refractivity (Wildman–Crippen MR) is 134 cm³/mol. The van der Waals surface area contributed by atoms with Crippen LogP contribution in [0.3, 0.4) is 0 Å². The van der Waals surface area contributed by atoms with Gasteiger partial charge in [0.05, 0.1) is 6.04 Å². The van der Waals surface area contributed by atoms with Crippen LogP contribution >= 0.6 is 11.3 Å². The largest absolute Gasteiger partial charge is 0.348 e. The first-order valence-corrected chi connectivity index (χ1v) is 12.4. The van der Waals surface area contributed by atoms with Crippen LogP contribution in [0.2, 0.25) is 0 Å². The van der Waals surface area contributed by atoms with Gasteiger partial charge in [-0.2, -0.15) is 0 Å². The number of rotatable bonds is 6. The van der Waals surface area contributed by atoms with Gasteiger partial charge >= 0.3 is 0 Å². The Kier molecular flexibility index (Phi) is 6.29. The number of nitrogens with one attached hydrogen (secondary N) is 1. The first-order valence-electron chi connectivity index (χ1n) is 11.6. The van der Waals surface area contributed by atoms with Gasteiger partial charge in [0.1, 0.15) is 17.6 Å². The first-order chi connectivity index (χ1) is 17.0. The monoisotopic (exact) mass is 492 g/mol. The van der Waals surface area contributed by atoms with Gasteiger partial charge in [0.2, 0.25) is 5.91 Å². The minimum absolute atomic E-state index is 0.0679. The second-order valence-corrected chi connectivity index (χ2v) is 9.44. The summed E-state index contributed by atoms with van der Waals surface area (Å²) in [5.74, 6) is -0.221. The zero-order valence-electron chi connectivity index (χ0n) is 19.4. The lowest BCUT2D eigenvalue weighted by atomic mass is 10.1. The van der Waals surface area contributed by atoms with Crippen molar-refractivity contribution in [2.24, 2.45) is 0 Å². The standard InChI is InChI=1S/C25H25FN6O2S/c1-3-31-21(18-14-17(26)11-12-27-18)30-23-20(24(31)34)29-25(35-23)32-13-7-10-19(32)22(33)28-15(2)16-8-5-4-6-9-16/h4-6,8-9,11-12,14-15,19H,3,7,10,13H2,1-2H3,(H,28,33)/t15-,19?/m1/s1. The Morgan fingerprint density at radius 2 is 2.06 bits per heavy atom. The Hall–Kier alpha value is -3.66. The molecule has 1 saturated heterocycles. The van der Waals surface area contributed by atoms with E-state index in [1.807, 2.05) is 49.1 Å². The van der Waals surface area contributed by atoms with Crippen molar-refractivity contribution in [1.82, 2.24) is 24.8 Å². The normalized spacial score (nSPS) is 16.5. The van der Waals surface area contributed by atoms with Gasteiger partial charge in [-0.1, -0.05) is 41.7 Å². The molecule has 1 fully saturated rings. The van der Waals surface area contributed by atoms with Crippen molar-refractivity contribution < 1.29 is 9.18 Å². The molecule has 0 bridgehead atoms. The zero-order valence-corrected chi connectivity index (χ0v) is 20.3. The van der Waals surface area contributed by atoms with Crippen molar-refractivity contribution in [2.45, 2.75) is 45.3 Å². The number of aromatic nitrogens is 4. The molecular formula is C25H25FN6O2S. The van der Waals surface area contributed by atoms with E-state index >= 15 is 0 Å². The highest BCUT2D eigenvalue weighted by Crippen LogP contribution is 2.33. The van der Waals surface area contributed by atoms with Crippen molar-refractivity contribution in [3.8, 4) is 11.5 Å². The van der Waals surface area contributed by atoms with Crippen molar-refractivity contribution in [3.05, 3.63) is 70.4 Å². The van der Waals surface area contributed by atoms with Crippen LogP contribution in [0.1, 0.15) is 38.3 Å². The Balaban J connectivity index is 1.47. The molecule has 1 aliphatic rings. The average molecular weight is 493 g/mol. The summed E-state index contributed by atoms with van der Waals surface area (Å²) in [5.41, 5.74) is 1.26. The molecular weight excluding hydrogens is 467 g/mol. The predicted octanol–water partition coefficient (Wildman–Crippen LogP) is 3.92. The number of thiazole rings is 1. The van der Waals surface area contributed by atoms with E-state index in [9.17, 15) is 14.0 Å². The highest BCUT2D eigenvalue weighted by molar-refractivity contribution is 7.21. The number of carbonyl (C=O) groups is 1. The minimum atomic E-state index is -0.451. The lowest BCUT2D eigenvalue weighted by Gasteiger charge is -2.25. The fourth-order valence-corrected chi connectivity index (χ4v) is 5.45. The lowest BCUT2D eigenvalue weighted by Crippen LogP contribution is -2.44. The second-order valence-electron chi connectivity index (χ2n) is 8.49. The molecule has 2 atom stereocenters. The molecule has 1 amide bonds. The number of nitrogens with zero attached hydrogens (tertiary/aromatic N) is 5. The number of halogens is 1. The van der Waals surface area contributed by atoms with E-state index in [0.717, 1.165) is 12.0 Å². The maximum Gasteiger partial charge on any atom is 0.281 e. The average Bonchev–Trinajstić information content (AvgIpc) is 3.52. The fourth-order valence-electron chi connectivity index (χ4n) is 4.44. The van der Waals surface area contributed by atoms with Gasteiger partial charge in [0.15, 0.2) is 21.3 Å². The molecule has 1 unspecified atom stereocenters. The number of pyridine rings is 1. The van der Waals surface area contributed by atoms with E-state index in [0.29, 0.717) is 35.3 Å². The van der Waals surface area contributed by atoms with E-state index in [2.05, 4.69) is 20.3 Å². The SMILES string of the molecule is CCn1c(-c2cc(F)ccn2)nc2sc(N3CCCC3C(=O)N[C@H](C)c3ccccc3)nc2c1=O. The number of hydrogen-bond acceptors (Lipinski definition) is 7. The van der Waals surface area contributed by atoms with E-state index < -0.39 is 5.82 Å². The van der Waals surface area contributed by atoms with Gasteiger partial charge in [-0.15, -0.1) is 0 Å². The molecule has 1 aromatic carbocycles. The number of carbonyl (C=O) groups excluding carboxylic acids is 1. The molecule has 4 aromatic rings. The minimum Gasteiger partial charge on any atom is -0.348 e. The van der Waals surface area contributed by atoms with Crippen LogP contribution in [0.4, 0.5) is 9.52 Å². The Morgan fingerprint density at radius 3 is 2.80 bits per heavy atom. The molecule has 0 saturated carbocycles. The summed E-state index contributed by atoms with van der Waals surface area (Å²) in [6.45, 7) is 4.79. The smallest absolute Gasteiger partial charge is 0.281 e. The molecule has 10 heteroatoms. The molecule has 1 aliphatic heterocycles. The summed E-state index contributed by atoms with van der Waals surface area (Å²) in [6, 6.07) is 11.8. The maximum atomic E-state index is 13.8. The van der Waals surface area contributed by atoms with Crippen LogP contribution in [0.5, 0.6) is 0 Å². The summed E-state index contributed by atoms with van der Waals surface area (Å²) in [7, 11) is 0. The molecule has 5 rings (SSSR count). The highest BCUT2D eigenvalue weighted by atomic mass is 32.1. The summed E-state index contributed by atoms with van der Waals surface area (Å²) in [6.07, 6.45) is 2.90. The summed E-state index contributed by atoms with van der Waals surface area (Å²) >= 11 is 1.27. The van der Waals surface area contributed by atoms with E-state index in [1.165, 1.54) is 34.2 Å². The molecule has 3 aromatic heterocycles. The number of fused-ring (bicyclic) bond motifs is 1. The Morgan fingerprint density at radius 1 is 1.26 bits per heavy atom. The van der Waals surface area contributed by atoms with Crippen LogP contribution in [0, 0.1) is 5.82 Å². The topological polar surface area (TPSA) is 93.0 Å². The molecule has 4 heterocycles. The third-order valence-electron chi connectivity index (χ3n) is 6.24.